The van der Waals surface area contributed by atoms with E-state index in [2.05, 4.69) is 15.1 Å². The van der Waals surface area contributed by atoms with E-state index in [4.69, 9.17) is 0 Å². The fourth-order valence-corrected chi connectivity index (χ4v) is 4.64. The van der Waals surface area contributed by atoms with Gasteiger partial charge >= 0.3 is 0 Å². The van der Waals surface area contributed by atoms with Crippen molar-refractivity contribution in [3.63, 3.8) is 0 Å². The maximum absolute atomic E-state index is 12.7. The monoisotopic (exact) mass is 373 g/mol. The van der Waals surface area contributed by atoms with Gasteiger partial charge in [-0.3, -0.25) is 14.3 Å². The van der Waals surface area contributed by atoms with Crippen LogP contribution in [0, 0.1) is 6.92 Å². The van der Waals surface area contributed by atoms with Crippen molar-refractivity contribution in [2.24, 2.45) is 7.05 Å². The average molecular weight is 373 g/mol. The Morgan fingerprint density at radius 1 is 1.44 bits per heavy atom. The lowest BCUT2D eigenvalue weighted by Gasteiger charge is -2.15. The van der Waals surface area contributed by atoms with Gasteiger partial charge in [0.05, 0.1) is 22.6 Å². The molecule has 4 aromatic rings. The number of hydrogen-bond donors (Lipinski definition) is 1. The van der Waals surface area contributed by atoms with Crippen molar-refractivity contribution in [1.82, 2.24) is 24.6 Å². The molecule has 0 aliphatic heterocycles. The van der Waals surface area contributed by atoms with Gasteiger partial charge in [-0.2, -0.15) is 5.10 Å². The van der Waals surface area contributed by atoms with Crippen LogP contribution < -0.4 is 5.56 Å². The molecule has 1 N–H and O–H groups in total. The van der Waals surface area contributed by atoms with Crippen LogP contribution in [-0.4, -0.2) is 37.6 Å². The van der Waals surface area contributed by atoms with Crippen molar-refractivity contribution in [3.8, 4) is 0 Å². The molecule has 0 aromatic carbocycles. The third kappa shape index (κ3) is 2.65. The first-order valence-electron chi connectivity index (χ1n) is 7.59. The number of thiophene rings is 2. The summed E-state index contributed by atoms with van der Waals surface area (Å²) in [5.41, 5.74) is 1.40. The molecule has 0 aliphatic rings. The number of aromatic amines is 1. The van der Waals surface area contributed by atoms with Gasteiger partial charge in [-0.1, -0.05) is 0 Å². The van der Waals surface area contributed by atoms with Crippen LogP contribution in [0.3, 0.4) is 0 Å². The Balaban J connectivity index is 1.62. The van der Waals surface area contributed by atoms with E-state index >= 15 is 0 Å². The van der Waals surface area contributed by atoms with E-state index in [1.807, 2.05) is 31.5 Å². The lowest BCUT2D eigenvalue weighted by Crippen LogP contribution is -2.27. The second kappa shape index (κ2) is 5.78. The summed E-state index contributed by atoms with van der Waals surface area (Å²) in [4.78, 5) is 35.1. The Labute approximate surface area is 150 Å². The van der Waals surface area contributed by atoms with Gasteiger partial charge < -0.3 is 9.88 Å². The topological polar surface area (TPSA) is 83.9 Å². The van der Waals surface area contributed by atoms with E-state index in [1.165, 1.54) is 22.7 Å². The van der Waals surface area contributed by atoms with Crippen LogP contribution in [0.15, 0.2) is 22.3 Å². The summed E-state index contributed by atoms with van der Waals surface area (Å²) >= 11 is 2.77. The predicted molar refractivity (Wildman–Crippen MR) is 99.4 cm³/mol. The molecule has 7 nitrogen and oxygen atoms in total. The highest BCUT2D eigenvalue weighted by molar-refractivity contribution is 7.20. The SMILES string of the molecule is Cc1nn(C)c2sc(C(=O)N(C)Cc3nc4ccsc4c(=O)[nH]3)cc12. The highest BCUT2D eigenvalue weighted by Gasteiger charge is 2.19. The third-order valence-corrected chi connectivity index (χ3v) is 6.10. The fraction of sp³-hybridized carbons (Fsp3) is 0.250. The lowest BCUT2D eigenvalue weighted by atomic mass is 10.3. The Morgan fingerprint density at radius 2 is 2.24 bits per heavy atom. The molecule has 0 spiro atoms. The molecule has 9 heteroatoms. The van der Waals surface area contributed by atoms with Crippen molar-refractivity contribution in [2.75, 3.05) is 7.05 Å². The zero-order chi connectivity index (χ0) is 17.7. The van der Waals surface area contributed by atoms with Gasteiger partial charge in [0.2, 0.25) is 0 Å². The number of aryl methyl sites for hydroxylation is 2. The number of aromatic nitrogens is 4. The number of rotatable bonds is 3. The summed E-state index contributed by atoms with van der Waals surface area (Å²) in [5, 5.41) is 7.18. The van der Waals surface area contributed by atoms with Crippen molar-refractivity contribution < 1.29 is 4.79 Å². The summed E-state index contributed by atoms with van der Waals surface area (Å²) in [6.45, 7) is 2.17. The average Bonchev–Trinajstić information content (AvgIpc) is 3.25. The third-order valence-electron chi connectivity index (χ3n) is 4.00. The van der Waals surface area contributed by atoms with Crippen LogP contribution in [0.4, 0.5) is 0 Å². The Bertz CT molecular complexity index is 1130. The Hall–Kier alpha value is -2.52. The van der Waals surface area contributed by atoms with Crippen LogP contribution in [0.5, 0.6) is 0 Å². The predicted octanol–water partition coefficient (Wildman–Crippen LogP) is 2.51. The fourth-order valence-electron chi connectivity index (χ4n) is 2.79. The molecule has 4 aromatic heterocycles. The number of fused-ring (bicyclic) bond motifs is 2. The van der Waals surface area contributed by atoms with E-state index < -0.39 is 0 Å². The van der Waals surface area contributed by atoms with E-state index in [0.717, 1.165) is 15.9 Å². The summed E-state index contributed by atoms with van der Waals surface area (Å²) in [5.74, 6) is 0.374. The lowest BCUT2D eigenvalue weighted by molar-refractivity contribution is 0.0786. The van der Waals surface area contributed by atoms with Crippen LogP contribution in [0.2, 0.25) is 0 Å². The molecule has 0 saturated carbocycles. The number of carbonyl (C=O) groups excluding carboxylic acids is 1. The first-order valence-corrected chi connectivity index (χ1v) is 9.28. The summed E-state index contributed by atoms with van der Waals surface area (Å²) < 4.78 is 2.39. The molecule has 0 saturated heterocycles. The van der Waals surface area contributed by atoms with Gasteiger partial charge in [0.15, 0.2) is 0 Å². The van der Waals surface area contributed by atoms with Gasteiger partial charge in [0.1, 0.15) is 15.4 Å². The number of nitrogens with zero attached hydrogens (tertiary/aromatic N) is 4. The maximum atomic E-state index is 12.7. The van der Waals surface area contributed by atoms with Crippen LogP contribution in [-0.2, 0) is 13.6 Å². The highest BCUT2D eigenvalue weighted by Crippen LogP contribution is 2.28. The van der Waals surface area contributed by atoms with Gasteiger partial charge in [0.25, 0.3) is 11.5 Å². The van der Waals surface area contributed by atoms with E-state index in [9.17, 15) is 9.59 Å². The summed E-state index contributed by atoms with van der Waals surface area (Å²) in [7, 11) is 3.57. The highest BCUT2D eigenvalue weighted by atomic mass is 32.1. The summed E-state index contributed by atoms with van der Waals surface area (Å²) in [6, 6.07) is 3.68. The molecule has 128 valence electrons. The first kappa shape index (κ1) is 16.0. The van der Waals surface area contributed by atoms with Crippen molar-refractivity contribution in [1.29, 1.82) is 0 Å². The zero-order valence-electron chi connectivity index (χ0n) is 13.9. The normalized spacial score (nSPS) is 11.5. The van der Waals surface area contributed by atoms with Gasteiger partial charge in [-0.15, -0.1) is 22.7 Å². The van der Waals surface area contributed by atoms with E-state index in [-0.39, 0.29) is 18.0 Å². The number of H-pyrrole nitrogens is 1. The smallest absolute Gasteiger partial charge is 0.268 e. The molecular weight excluding hydrogens is 358 g/mol. The van der Waals surface area contributed by atoms with Crippen LogP contribution >= 0.6 is 22.7 Å². The first-order chi connectivity index (χ1) is 11.9. The Kier molecular flexibility index (Phi) is 3.69. The minimum absolute atomic E-state index is 0.103. The van der Waals surface area contributed by atoms with Crippen molar-refractivity contribution in [2.45, 2.75) is 13.5 Å². The maximum Gasteiger partial charge on any atom is 0.268 e. The van der Waals surface area contributed by atoms with Gasteiger partial charge in [0, 0.05) is 19.5 Å². The number of carbonyl (C=O) groups is 1. The van der Waals surface area contributed by atoms with E-state index in [1.54, 1.807) is 16.6 Å². The van der Waals surface area contributed by atoms with Crippen molar-refractivity contribution >= 4 is 49.0 Å². The molecule has 0 atom stereocenters. The van der Waals surface area contributed by atoms with Gasteiger partial charge in [-0.25, -0.2) is 4.98 Å². The molecule has 0 unspecified atom stereocenters. The van der Waals surface area contributed by atoms with Crippen LogP contribution in [0.25, 0.3) is 20.4 Å². The quantitative estimate of drug-likeness (QED) is 0.598. The standard InChI is InChI=1S/C16H15N5O2S2/c1-8-9-6-11(25-16(9)21(3)19-8)15(23)20(2)7-12-17-10-4-5-24-13(10)14(22)18-12/h4-6H,7H2,1-3H3,(H,17,18,22). The molecule has 25 heavy (non-hydrogen) atoms. The molecule has 0 bridgehead atoms. The molecular formula is C16H15N5O2S2. The van der Waals surface area contributed by atoms with Gasteiger partial charge in [-0.05, 0) is 24.4 Å². The zero-order valence-corrected chi connectivity index (χ0v) is 15.5. The number of hydrogen-bond acceptors (Lipinski definition) is 6. The largest absolute Gasteiger partial charge is 0.334 e. The second-order valence-electron chi connectivity index (χ2n) is 5.85. The number of amides is 1. The van der Waals surface area contributed by atoms with Crippen LogP contribution in [0.1, 0.15) is 21.2 Å². The minimum atomic E-state index is -0.167. The number of nitrogens with one attached hydrogen (secondary N) is 1. The molecule has 4 rings (SSSR count). The molecule has 0 fully saturated rings. The molecule has 1 amide bonds. The minimum Gasteiger partial charge on any atom is -0.334 e. The Morgan fingerprint density at radius 3 is 3.00 bits per heavy atom. The van der Waals surface area contributed by atoms with Crippen molar-refractivity contribution in [3.05, 3.63) is 44.3 Å². The second-order valence-corrected chi connectivity index (χ2v) is 7.79. The molecule has 4 heterocycles. The molecule has 0 radical (unpaired) electrons. The summed E-state index contributed by atoms with van der Waals surface area (Å²) in [6.07, 6.45) is 0. The molecule has 0 aliphatic carbocycles. The van der Waals surface area contributed by atoms with E-state index in [0.29, 0.717) is 20.9 Å².